The monoisotopic (exact) mass is 401 g/mol. The standard InChI is InChI=1S/C23H20FN5O/c24-17-6-10-19(11-7-17)29-15-25-14-21(29)23(30)27-18-8-4-16(5-9-18)22-26-13-20-3-1-2-12-28(20)22/h4-11,13-15H,1-3,12H2,(H,27,30). The number of benzene rings is 2. The highest BCUT2D eigenvalue weighted by Crippen LogP contribution is 2.26. The smallest absolute Gasteiger partial charge is 0.274 e. The molecule has 1 N–H and O–H groups in total. The van der Waals surface area contributed by atoms with E-state index in [-0.39, 0.29) is 11.7 Å². The van der Waals surface area contributed by atoms with Gasteiger partial charge in [0, 0.05) is 35.4 Å². The molecule has 0 saturated heterocycles. The molecule has 7 heteroatoms. The van der Waals surface area contributed by atoms with Gasteiger partial charge in [0.05, 0.1) is 12.5 Å². The highest BCUT2D eigenvalue weighted by molar-refractivity contribution is 6.03. The zero-order valence-electron chi connectivity index (χ0n) is 16.3. The molecule has 4 aromatic rings. The summed E-state index contributed by atoms with van der Waals surface area (Å²) in [7, 11) is 0. The van der Waals surface area contributed by atoms with Crippen LogP contribution in [0.4, 0.5) is 10.1 Å². The molecule has 5 rings (SSSR count). The Hall–Kier alpha value is -3.74. The normalized spacial score (nSPS) is 13.1. The number of rotatable bonds is 4. The molecule has 0 atom stereocenters. The Bertz CT molecular complexity index is 1190. The first-order chi connectivity index (χ1) is 14.7. The van der Waals surface area contributed by atoms with Crippen molar-refractivity contribution < 1.29 is 9.18 Å². The van der Waals surface area contributed by atoms with Gasteiger partial charge in [-0.3, -0.25) is 9.36 Å². The van der Waals surface area contributed by atoms with E-state index in [2.05, 4.69) is 19.9 Å². The van der Waals surface area contributed by atoms with Gasteiger partial charge in [0.25, 0.3) is 5.91 Å². The Morgan fingerprint density at radius 2 is 1.80 bits per heavy atom. The van der Waals surface area contributed by atoms with Crippen molar-refractivity contribution in [3.05, 3.63) is 84.5 Å². The number of anilines is 1. The molecular formula is C23H20FN5O. The molecule has 1 aliphatic heterocycles. The number of nitrogens with one attached hydrogen (secondary N) is 1. The first-order valence-electron chi connectivity index (χ1n) is 9.93. The average molecular weight is 401 g/mol. The number of fused-ring (bicyclic) bond motifs is 1. The fraction of sp³-hybridized carbons (Fsp3) is 0.174. The van der Waals surface area contributed by atoms with E-state index in [0.717, 1.165) is 24.4 Å². The molecule has 3 heterocycles. The fourth-order valence-corrected chi connectivity index (χ4v) is 3.83. The van der Waals surface area contributed by atoms with Gasteiger partial charge < -0.3 is 9.88 Å². The van der Waals surface area contributed by atoms with Gasteiger partial charge in [-0.05, 0) is 67.8 Å². The Morgan fingerprint density at radius 3 is 2.60 bits per heavy atom. The predicted octanol–water partition coefficient (Wildman–Crippen LogP) is 4.46. The summed E-state index contributed by atoms with van der Waals surface area (Å²) in [6.45, 7) is 0.997. The molecule has 1 amide bonds. The molecule has 2 aromatic heterocycles. The van der Waals surface area contributed by atoms with E-state index < -0.39 is 0 Å². The topological polar surface area (TPSA) is 64.7 Å². The Morgan fingerprint density at radius 1 is 1.00 bits per heavy atom. The van der Waals surface area contributed by atoms with Crippen LogP contribution in [0.15, 0.2) is 67.3 Å². The quantitative estimate of drug-likeness (QED) is 0.549. The second kappa shape index (κ2) is 7.59. The number of nitrogens with zero attached hydrogens (tertiary/aromatic N) is 4. The molecule has 2 aromatic carbocycles. The van der Waals surface area contributed by atoms with Crippen molar-refractivity contribution in [1.82, 2.24) is 19.1 Å². The van der Waals surface area contributed by atoms with Crippen molar-refractivity contribution in [2.24, 2.45) is 0 Å². The first-order valence-corrected chi connectivity index (χ1v) is 9.93. The number of amides is 1. The summed E-state index contributed by atoms with van der Waals surface area (Å²) in [4.78, 5) is 21.4. The third kappa shape index (κ3) is 3.39. The third-order valence-electron chi connectivity index (χ3n) is 5.38. The number of hydrogen-bond donors (Lipinski definition) is 1. The minimum Gasteiger partial charge on any atom is -0.328 e. The summed E-state index contributed by atoms with van der Waals surface area (Å²) in [6, 6.07) is 13.6. The molecule has 0 fully saturated rings. The summed E-state index contributed by atoms with van der Waals surface area (Å²) < 4.78 is 17.1. The Kier molecular flexibility index (Phi) is 4.63. The van der Waals surface area contributed by atoms with Crippen LogP contribution >= 0.6 is 0 Å². The van der Waals surface area contributed by atoms with E-state index in [4.69, 9.17) is 0 Å². The van der Waals surface area contributed by atoms with E-state index in [1.165, 1.54) is 43.2 Å². The summed E-state index contributed by atoms with van der Waals surface area (Å²) in [5, 5.41) is 2.90. The zero-order valence-corrected chi connectivity index (χ0v) is 16.3. The molecule has 150 valence electrons. The lowest BCUT2D eigenvalue weighted by Crippen LogP contribution is -2.16. The van der Waals surface area contributed by atoms with Crippen molar-refractivity contribution in [3.63, 3.8) is 0 Å². The van der Waals surface area contributed by atoms with Crippen LogP contribution in [-0.4, -0.2) is 25.0 Å². The van der Waals surface area contributed by atoms with E-state index in [1.54, 1.807) is 16.7 Å². The van der Waals surface area contributed by atoms with Gasteiger partial charge in [0.1, 0.15) is 17.3 Å². The van der Waals surface area contributed by atoms with Crippen molar-refractivity contribution in [1.29, 1.82) is 0 Å². The maximum Gasteiger partial charge on any atom is 0.274 e. The van der Waals surface area contributed by atoms with Gasteiger partial charge in [0.2, 0.25) is 0 Å². The summed E-state index contributed by atoms with van der Waals surface area (Å²) >= 11 is 0. The van der Waals surface area contributed by atoms with Crippen LogP contribution in [0.1, 0.15) is 29.0 Å². The highest BCUT2D eigenvalue weighted by Gasteiger charge is 2.16. The van der Waals surface area contributed by atoms with Crippen LogP contribution < -0.4 is 5.32 Å². The average Bonchev–Trinajstić information content (AvgIpc) is 3.42. The van der Waals surface area contributed by atoms with Gasteiger partial charge in [0.15, 0.2) is 0 Å². The fourth-order valence-electron chi connectivity index (χ4n) is 3.83. The van der Waals surface area contributed by atoms with Crippen LogP contribution in [0.5, 0.6) is 0 Å². The van der Waals surface area contributed by atoms with Crippen LogP contribution in [0.3, 0.4) is 0 Å². The SMILES string of the molecule is O=C(Nc1ccc(-c2ncc3n2CCCC3)cc1)c1cncn1-c1ccc(F)cc1. The molecule has 0 aliphatic carbocycles. The van der Waals surface area contributed by atoms with Crippen molar-refractivity contribution in [2.75, 3.05) is 5.32 Å². The van der Waals surface area contributed by atoms with Crippen molar-refractivity contribution in [3.8, 4) is 17.1 Å². The molecule has 0 bridgehead atoms. The van der Waals surface area contributed by atoms with Crippen LogP contribution in [0, 0.1) is 5.82 Å². The van der Waals surface area contributed by atoms with Crippen LogP contribution in [0.2, 0.25) is 0 Å². The van der Waals surface area contributed by atoms with Crippen LogP contribution in [-0.2, 0) is 13.0 Å². The number of aromatic nitrogens is 4. The second-order valence-electron chi connectivity index (χ2n) is 7.34. The summed E-state index contributed by atoms with van der Waals surface area (Å²) in [6.07, 6.45) is 8.44. The third-order valence-corrected chi connectivity index (χ3v) is 5.38. The van der Waals surface area contributed by atoms with E-state index in [1.807, 2.05) is 30.5 Å². The predicted molar refractivity (Wildman–Crippen MR) is 112 cm³/mol. The molecule has 0 spiro atoms. The Labute approximate surface area is 173 Å². The number of halogens is 1. The van der Waals surface area contributed by atoms with E-state index in [0.29, 0.717) is 17.1 Å². The van der Waals surface area contributed by atoms with Gasteiger partial charge in [-0.2, -0.15) is 0 Å². The number of carbonyl (C=O) groups excluding carboxylic acids is 1. The maximum absolute atomic E-state index is 13.2. The summed E-state index contributed by atoms with van der Waals surface area (Å²) in [5.41, 5.74) is 4.02. The first kappa shape index (κ1) is 18.3. The largest absolute Gasteiger partial charge is 0.328 e. The molecule has 6 nitrogen and oxygen atoms in total. The second-order valence-corrected chi connectivity index (χ2v) is 7.34. The van der Waals surface area contributed by atoms with Gasteiger partial charge in [-0.15, -0.1) is 0 Å². The minimum atomic E-state index is -0.330. The molecule has 1 aliphatic rings. The number of hydrogen-bond acceptors (Lipinski definition) is 3. The van der Waals surface area contributed by atoms with Gasteiger partial charge >= 0.3 is 0 Å². The minimum absolute atomic E-state index is 0.289. The van der Waals surface area contributed by atoms with E-state index in [9.17, 15) is 9.18 Å². The number of imidazole rings is 2. The molecule has 0 saturated carbocycles. The molecule has 30 heavy (non-hydrogen) atoms. The lowest BCUT2D eigenvalue weighted by atomic mass is 10.1. The van der Waals surface area contributed by atoms with Crippen LogP contribution in [0.25, 0.3) is 17.1 Å². The molecular weight excluding hydrogens is 381 g/mol. The molecule has 0 unspecified atom stereocenters. The van der Waals surface area contributed by atoms with Gasteiger partial charge in [-0.1, -0.05) is 0 Å². The van der Waals surface area contributed by atoms with E-state index >= 15 is 0 Å². The van der Waals surface area contributed by atoms with Crippen molar-refractivity contribution >= 4 is 11.6 Å². The Balaban J connectivity index is 1.35. The lowest BCUT2D eigenvalue weighted by Gasteiger charge is -2.16. The number of carbonyl (C=O) groups is 1. The lowest BCUT2D eigenvalue weighted by molar-refractivity contribution is 0.102. The maximum atomic E-state index is 13.2. The van der Waals surface area contributed by atoms with Crippen molar-refractivity contribution in [2.45, 2.75) is 25.8 Å². The number of aryl methyl sites for hydroxylation is 1. The highest BCUT2D eigenvalue weighted by atomic mass is 19.1. The zero-order chi connectivity index (χ0) is 20.5. The van der Waals surface area contributed by atoms with Gasteiger partial charge in [-0.25, -0.2) is 14.4 Å². The summed E-state index contributed by atoms with van der Waals surface area (Å²) in [5.74, 6) is 0.350. The molecule has 0 radical (unpaired) electrons.